The van der Waals surface area contributed by atoms with Crippen LogP contribution in [0.15, 0.2) is 28.8 Å². The van der Waals surface area contributed by atoms with Gasteiger partial charge in [0.2, 0.25) is 5.88 Å². The second-order valence-electron chi connectivity index (χ2n) is 5.58. The molecule has 134 valence electrons. The van der Waals surface area contributed by atoms with Gasteiger partial charge in [-0.15, -0.1) is 13.2 Å². The van der Waals surface area contributed by atoms with Gasteiger partial charge in [0.15, 0.2) is 11.6 Å². The maximum Gasteiger partial charge on any atom is 0.573 e. The lowest BCUT2D eigenvalue weighted by atomic mass is 10.1. The number of nitrogens with zero attached hydrogens (tertiary/aromatic N) is 2. The number of alkyl halides is 3. The van der Waals surface area contributed by atoms with Gasteiger partial charge in [-0.05, 0) is 24.6 Å². The molecule has 1 aliphatic heterocycles. The third kappa shape index (κ3) is 3.83. The van der Waals surface area contributed by atoms with Crippen LogP contribution in [-0.4, -0.2) is 35.4 Å². The number of rotatable bonds is 3. The maximum absolute atomic E-state index is 13.7. The molecule has 0 aliphatic carbocycles. The molecule has 1 atom stereocenters. The smallest absolute Gasteiger partial charge is 0.403 e. The van der Waals surface area contributed by atoms with Gasteiger partial charge in [-0.1, -0.05) is 5.16 Å². The molecule has 1 aliphatic rings. The lowest BCUT2D eigenvalue weighted by Gasteiger charge is -2.17. The topological polar surface area (TPSA) is 81.6 Å². The maximum atomic E-state index is 13.7. The van der Waals surface area contributed by atoms with Crippen molar-refractivity contribution in [3.63, 3.8) is 0 Å². The molecule has 1 fully saturated rings. The third-order valence-electron chi connectivity index (χ3n) is 3.84. The van der Waals surface area contributed by atoms with Gasteiger partial charge >= 0.3 is 6.36 Å². The Morgan fingerprint density at radius 3 is 2.72 bits per heavy atom. The van der Waals surface area contributed by atoms with Gasteiger partial charge in [0.05, 0.1) is 5.69 Å². The lowest BCUT2D eigenvalue weighted by molar-refractivity contribution is -0.275. The summed E-state index contributed by atoms with van der Waals surface area (Å²) < 4.78 is 58.5. The molecule has 1 aromatic heterocycles. The summed E-state index contributed by atoms with van der Waals surface area (Å²) >= 11 is 0. The van der Waals surface area contributed by atoms with E-state index in [2.05, 4.69) is 9.89 Å². The van der Waals surface area contributed by atoms with Crippen LogP contribution in [0.1, 0.15) is 28.4 Å². The number of nitrogen functional groups attached to an aromatic ring is 1. The Labute approximate surface area is 139 Å². The van der Waals surface area contributed by atoms with E-state index in [1.54, 1.807) is 6.07 Å². The van der Waals surface area contributed by atoms with Crippen molar-refractivity contribution in [1.29, 1.82) is 0 Å². The van der Waals surface area contributed by atoms with Crippen LogP contribution in [0, 0.1) is 5.82 Å². The summed E-state index contributed by atoms with van der Waals surface area (Å²) in [4.78, 5) is 13.9. The predicted molar refractivity (Wildman–Crippen MR) is 77.3 cm³/mol. The molecule has 0 saturated carbocycles. The fraction of sp³-hybridized carbons (Fsp3) is 0.333. The minimum Gasteiger partial charge on any atom is -0.403 e. The number of carbonyl (C=O) groups is 1. The summed E-state index contributed by atoms with van der Waals surface area (Å²) in [6, 6.07) is 4.17. The highest BCUT2D eigenvalue weighted by Gasteiger charge is 2.33. The van der Waals surface area contributed by atoms with Crippen LogP contribution >= 0.6 is 0 Å². The zero-order valence-electron chi connectivity index (χ0n) is 12.7. The third-order valence-corrected chi connectivity index (χ3v) is 3.84. The Bertz CT molecular complexity index is 791. The number of aromatic nitrogens is 1. The number of halogens is 4. The Kier molecular flexibility index (Phi) is 4.27. The fourth-order valence-corrected chi connectivity index (χ4v) is 2.71. The summed E-state index contributed by atoms with van der Waals surface area (Å²) in [5, 5.41) is 3.80. The highest BCUT2D eigenvalue weighted by Crippen LogP contribution is 2.30. The zero-order chi connectivity index (χ0) is 18.2. The Balaban J connectivity index is 1.70. The first kappa shape index (κ1) is 17.1. The first-order valence-corrected chi connectivity index (χ1v) is 7.29. The second-order valence-corrected chi connectivity index (χ2v) is 5.58. The summed E-state index contributed by atoms with van der Waals surface area (Å²) in [6.45, 7) is 0.728. The highest BCUT2D eigenvalue weighted by atomic mass is 19.4. The van der Waals surface area contributed by atoms with Gasteiger partial charge in [-0.2, -0.15) is 0 Å². The van der Waals surface area contributed by atoms with E-state index in [-0.39, 0.29) is 17.4 Å². The van der Waals surface area contributed by atoms with E-state index in [0.29, 0.717) is 25.2 Å². The average molecular weight is 359 g/mol. The van der Waals surface area contributed by atoms with Crippen molar-refractivity contribution in [2.75, 3.05) is 18.8 Å². The number of ether oxygens (including phenoxy) is 1. The van der Waals surface area contributed by atoms with Crippen molar-refractivity contribution in [3.05, 3.63) is 41.3 Å². The quantitative estimate of drug-likeness (QED) is 0.852. The van der Waals surface area contributed by atoms with Crippen LogP contribution in [0.2, 0.25) is 0 Å². The number of hydrogen-bond donors (Lipinski definition) is 1. The number of likely N-dealkylation sites (tertiary alicyclic amines) is 1. The van der Waals surface area contributed by atoms with Gasteiger partial charge in [0.25, 0.3) is 5.91 Å². The van der Waals surface area contributed by atoms with Crippen molar-refractivity contribution in [1.82, 2.24) is 10.1 Å². The van der Waals surface area contributed by atoms with Crippen LogP contribution in [0.4, 0.5) is 23.4 Å². The van der Waals surface area contributed by atoms with Crippen molar-refractivity contribution in [2.24, 2.45) is 0 Å². The second kappa shape index (κ2) is 6.26. The number of amides is 1. The number of carbonyl (C=O) groups excluding carboxylic acids is 1. The summed E-state index contributed by atoms with van der Waals surface area (Å²) in [7, 11) is 0. The molecule has 2 aromatic rings. The van der Waals surface area contributed by atoms with Crippen LogP contribution < -0.4 is 10.5 Å². The van der Waals surface area contributed by atoms with Crippen molar-refractivity contribution in [3.8, 4) is 5.75 Å². The van der Waals surface area contributed by atoms with Gasteiger partial charge in [-0.3, -0.25) is 4.79 Å². The molecule has 1 aromatic carbocycles. The van der Waals surface area contributed by atoms with Crippen molar-refractivity contribution in [2.45, 2.75) is 18.7 Å². The Hall–Kier alpha value is -2.78. The molecular weight excluding hydrogens is 346 g/mol. The molecule has 3 rings (SSSR count). The van der Waals surface area contributed by atoms with E-state index in [0.717, 1.165) is 18.2 Å². The molecular formula is C15H13F4N3O3. The van der Waals surface area contributed by atoms with E-state index in [9.17, 15) is 22.4 Å². The van der Waals surface area contributed by atoms with Crippen LogP contribution in [0.25, 0.3) is 0 Å². The van der Waals surface area contributed by atoms with Crippen LogP contribution in [0.5, 0.6) is 5.75 Å². The molecule has 10 heteroatoms. The molecule has 1 unspecified atom stereocenters. The van der Waals surface area contributed by atoms with E-state index < -0.39 is 23.8 Å². The monoisotopic (exact) mass is 359 g/mol. The lowest BCUT2D eigenvalue weighted by Crippen LogP contribution is -2.28. The highest BCUT2D eigenvalue weighted by molar-refractivity contribution is 5.94. The number of nitrogens with two attached hydrogens (primary N) is 1. The summed E-state index contributed by atoms with van der Waals surface area (Å²) in [5.41, 5.74) is 6.02. The number of benzene rings is 1. The predicted octanol–water partition coefficient (Wildman–Crippen LogP) is 2.92. The molecule has 1 amide bonds. The summed E-state index contributed by atoms with van der Waals surface area (Å²) in [5.74, 6) is -2.63. The molecule has 0 radical (unpaired) electrons. The van der Waals surface area contributed by atoms with Gasteiger partial charge < -0.3 is 19.9 Å². The van der Waals surface area contributed by atoms with Gasteiger partial charge in [0.1, 0.15) is 0 Å². The van der Waals surface area contributed by atoms with Crippen LogP contribution in [0.3, 0.4) is 0 Å². The molecule has 0 spiro atoms. The molecule has 1 saturated heterocycles. The largest absolute Gasteiger partial charge is 0.573 e. The minimum absolute atomic E-state index is 0.0626. The summed E-state index contributed by atoms with van der Waals surface area (Å²) in [6.07, 6.45) is -4.39. The standard InChI is InChI=1S/C15H13F4N3O3/c16-10-5-8(1-2-12(10)24-15(17,18)19)14(23)22-4-3-9(7-22)11-6-13(20)25-21-11/h1-2,5-6,9H,3-4,7,20H2. The van der Waals surface area contributed by atoms with Gasteiger partial charge in [-0.25, -0.2) is 4.39 Å². The molecule has 0 bridgehead atoms. The Morgan fingerprint density at radius 1 is 1.36 bits per heavy atom. The van der Waals surface area contributed by atoms with E-state index >= 15 is 0 Å². The molecule has 2 heterocycles. The first-order valence-electron chi connectivity index (χ1n) is 7.29. The molecule has 25 heavy (non-hydrogen) atoms. The van der Waals surface area contributed by atoms with Crippen molar-refractivity contribution < 1.29 is 31.6 Å². The van der Waals surface area contributed by atoms with Gasteiger partial charge in [0, 0.05) is 30.6 Å². The minimum atomic E-state index is -5.01. The van der Waals surface area contributed by atoms with E-state index in [1.807, 2.05) is 0 Å². The number of hydrogen-bond acceptors (Lipinski definition) is 5. The normalized spacial score (nSPS) is 17.8. The molecule has 2 N–H and O–H groups in total. The van der Waals surface area contributed by atoms with Crippen LogP contribution in [-0.2, 0) is 0 Å². The van der Waals surface area contributed by atoms with Crippen molar-refractivity contribution >= 4 is 11.8 Å². The average Bonchev–Trinajstić information content (AvgIpc) is 3.16. The van der Waals surface area contributed by atoms with E-state index in [4.69, 9.17) is 10.3 Å². The van der Waals surface area contributed by atoms with E-state index in [1.165, 1.54) is 4.90 Å². The Morgan fingerprint density at radius 2 is 2.12 bits per heavy atom. The number of anilines is 1. The first-order chi connectivity index (χ1) is 11.7. The fourth-order valence-electron chi connectivity index (χ4n) is 2.71. The molecule has 6 nitrogen and oxygen atoms in total. The SMILES string of the molecule is Nc1cc(C2CCN(C(=O)c3ccc(OC(F)(F)F)c(F)c3)C2)no1. The zero-order valence-corrected chi connectivity index (χ0v) is 12.7.